The molecule has 0 amide bonds. The maximum absolute atomic E-state index is 9.25. The van der Waals surface area contributed by atoms with Crippen LogP contribution >= 0.6 is 0 Å². The highest BCUT2D eigenvalue weighted by Crippen LogP contribution is 2.28. The smallest absolute Gasteiger partial charge is 0.156 e. The van der Waals surface area contributed by atoms with E-state index in [0.29, 0.717) is 12.5 Å². The third-order valence-electron chi connectivity index (χ3n) is 3.98. The molecular weight excluding hydrogens is 240 g/mol. The van der Waals surface area contributed by atoms with E-state index in [1.807, 2.05) is 0 Å². The highest BCUT2D eigenvalue weighted by molar-refractivity contribution is 5.52. The van der Waals surface area contributed by atoms with E-state index in [-0.39, 0.29) is 6.61 Å². The normalized spacial score (nSPS) is 19.2. The zero-order valence-corrected chi connectivity index (χ0v) is 11.9. The minimum absolute atomic E-state index is 0.246. The molecule has 1 aliphatic rings. The molecule has 0 bridgehead atoms. The van der Waals surface area contributed by atoms with Crippen molar-refractivity contribution < 1.29 is 5.11 Å². The lowest BCUT2D eigenvalue weighted by atomic mass is 10.0. The average molecular weight is 264 g/mol. The Balaban J connectivity index is 2.35. The zero-order chi connectivity index (χ0) is 13.8. The zero-order valence-electron chi connectivity index (χ0n) is 11.9. The Kier molecular flexibility index (Phi) is 4.71. The Labute approximate surface area is 114 Å². The van der Waals surface area contributed by atoms with Gasteiger partial charge in [0.25, 0.3) is 0 Å². The van der Waals surface area contributed by atoms with E-state index in [1.54, 1.807) is 0 Å². The Morgan fingerprint density at radius 3 is 2.58 bits per heavy atom. The lowest BCUT2D eigenvalue weighted by Gasteiger charge is -2.22. The van der Waals surface area contributed by atoms with Gasteiger partial charge in [0, 0.05) is 37.7 Å². The molecule has 0 aliphatic carbocycles. The van der Waals surface area contributed by atoms with Crippen LogP contribution in [-0.2, 0) is 19.4 Å². The molecule has 2 heterocycles. The standard InChI is InChI=1S/C14H24N4O/c1-3-11-12(7-15)14(17-16-13(11)4-2)18-6-5-10(8-18)9-19/h10,19H,3-9,15H2,1-2H3. The van der Waals surface area contributed by atoms with E-state index in [9.17, 15) is 5.11 Å². The molecule has 1 saturated heterocycles. The first kappa shape index (κ1) is 14.2. The van der Waals surface area contributed by atoms with Crippen LogP contribution in [0.25, 0.3) is 0 Å². The molecule has 0 spiro atoms. The van der Waals surface area contributed by atoms with Gasteiger partial charge in [0.05, 0.1) is 5.69 Å². The Hall–Kier alpha value is -1.20. The molecule has 0 saturated carbocycles. The number of hydrogen-bond acceptors (Lipinski definition) is 5. The Morgan fingerprint density at radius 1 is 1.26 bits per heavy atom. The second-order valence-corrected chi connectivity index (χ2v) is 5.12. The number of aryl methyl sites for hydroxylation is 1. The lowest BCUT2D eigenvalue weighted by Crippen LogP contribution is -2.25. The molecule has 3 N–H and O–H groups in total. The van der Waals surface area contributed by atoms with Gasteiger partial charge in [-0.1, -0.05) is 13.8 Å². The van der Waals surface area contributed by atoms with Crippen molar-refractivity contribution in [1.82, 2.24) is 10.2 Å². The molecule has 5 heteroatoms. The minimum Gasteiger partial charge on any atom is -0.396 e. The summed E-state index contributed by atoms with van der Waals surface area (Å²) in [4.78, 5) is 2.22. The Morgan fingerprint density at radius 2 is 2.05 bits per heavy atom. The Bertz CT molecular complexity index is 436. The van der Waals surface area contributed by atoms with Crippen molar-refractivity contribution in [3.63, 3.8) is 0 Å². The van der Waals surface area contributed by atoms with Crippen molar-refractivity contribution in [1.29, 1.82) is 0 Å². The first-order valence-corrected chi connectivity index (χ1v) is 7.18. The van der Waals surface area contributed by atoms with Crippen molar-refractivity contribution in [3.05, 3.63) is 16.8 Å². The molecule has 1 aliphatic heterocycles. The summed E-state index contributed by atoms with van der Waals surface area (Å²) in [6.07, 6.45) is 2.84. The van der Waals surface area contributed by atoms with E-state index in [2.05, 4.69) is 28.9 Å². The van der Waals surface area contributed by atoms with Gasteiger partial charge in [0.2, 0.25) is 0 Å². The minimum atomic E-state index is 0.246. The highest BCUT2D eigenvalue weighted by atomic mass is 16.3. The van der Waals surface area contributed by atoms with Crippen LogP contribution in [0.3, 0.4) is 0 Å². The third kappa shape index (κ3) is 2.72. The number of nitrogens with zero attached hydrogens (tertiary/aromatic N) is 3. The molecule has 1 fully saturated rings. The first-order valence-electron chi connectivity index (χ1n) is 7.18. The number of aliphatic hydroxyl groups excluding tert-OH is 1. The third-order valence-corrected chi connectivity index (χ3v) is 3.98. The molecule has 0 radical (unpaired) electrons. The SMILES string of the molecule is CCc1nnc(N2CCC(CO)C2)c(CN)c1CC. The van der Waals surface area contributed by atoms with Crippen LogP contribution in [0.4, 0.5) is 5.82 Å². The molecule has 1 unspecified atom stereocenters. The molecule has 2 rings (SSSR count). The van der Waals surface area contributed by atoms with Crippen LogP contribution in [0, 0.1) is 5.92 Å². The van der Waals surface area contributed by atoms with Gasteiger partial charge < -0.3 is 15.7 Å². The lowest BCUT2D eigenvalue weighted by molar-refractivity contribution is 0.238. The van der Waals surface area contributed by atoms with Crippen LogP contribution in [-0.4, -0.2) is 35.0 Å². The summed E-state index contributed by atoms with van der Waals surface area (Å²) in [6.45, 7) is 6.77. The van der Waals surface area contributed by atoms with Crippen LogP contribution < -0.4 is 10.6 Å². The number of aliphatic hydroxyl groups is 1. The fraction of sp³-hybridized carbons (Fsp3) is 0.714. The number of rotatable bonds is 5. The van der Waals surface area contributed by atoms with Crippen molar-refractivity contribution in [2.24, 2.45) is 11.7 Å². The predicted molar refractivity (Wildman–Crippen MR) is 76.1 cm³/mol. The molecule has 5 nitrogen and oxygen atoms in total. The molecular formula is C14H24N4O. The summed E-state index contributed by atoms with van der Waals surface area (Å²) in [6, 6.07) is 0. The largest absolute Gasteiger partial charge is 0.396 e. The molecule has 1 aromatic rings. The monoisotopic (exact) mass is 264 g/mol. The van der Waals surface area contributed by atoms with Crippen molar-refractivity contribution in [2.45, 2.75) is 39.7 Å². The van der Waals surface area contributed by atoms with Crippen LogP contribution in [0.2, 0.25) is 0 Å². The van der Waals surface area contributed by atoms with Gasteiger partial charge >= 0.3 is 0 Å². The highest BCUT2D eigenvalue weighted by Gasteiger charge is 2.26. The summed E-state index contributed by atoms with van der Waals surface area (Å²) in [5, 5.41) is 18.0. The summed E-state index contributed by atoms with van der Waals surface area (Å²) in [5.74, 6) is 1.27. The van der Waals surface area contributed by atoms with Gasteiger partial charge in [0.15, 0.2) is 5.82 Å². The fourth-order valence-corrected chi connectivity index (χ4v) is 2.88. The molecule has 1 aromatic heterocycles. The van der Waals surface area contributed by atoms with E-state index >= 15 is 0 Å². The number of nitrogens with two attached hydrogens (primary N) is 1. The van der Waals surface area contributed by atoms with E-state index < -0.39 is 0 Å². The van der Waals surface area contributed by atoms with Crippen molar-refractivity contribution in [3.8, 4) is 0 Å². The predicted octanol–water partition coefficient (Wildman–Crippen LogP) is 0.879. The maximum Gasteiger partial charge on any atom is 0.156 e. The van der Waals surface area contributed by atoms with Gasteiger partial charge in [-0.05, 0) is 24.8 Å². The van der Waals surface area contributed by atoms with E-state index in [4.69, 9.17) is 5.73 Å². The quantitative estimate of drug-likeness (QED) is 0.825. The van der Waals surface area contributed by atoms with E-state index in [1.165, 1.54) is 5.56 Å². The summed E-state index contributed by atoms with van der Waals surface area (Å²) in [5.41, 5.74) is 9.39. The number of aromatic nitrogens is 2. The summed E-state index contributed by atoms with van der Waals surface area (Å²) in [7, 11) is 0. The van der Waals surface area contributed by atoms with Crippen LogP contribution in [0.1, 0.15) is 37.1 Å². The van der Waals surface area contributed by atoms with Crippen molar-refractivity contribution >= 4 is 5.82 Å². The number of anilines is 1. The topological polar surface area (TPSA) is 75.3 Å². The number of hydrogen-bond donors (Lipinski definition) is 2. The van der Waals surface area contributed by atoms with Crippen LogP contribution in [0.15, 0.2) is 0 Å². The molecule has 0 aromatic carbocycles. The summed E-state index contributed by atoms with van der Waals surface area (Å²) >= 11 is 0. The van der Waals surface area contributed by atoms with Gasteiger partial charge in [-0.25, -0.2) is 0 Å². The summed E-state index contributed by atoms with van der Waals surface area (Å²) < 4.78 is 0. The van der Waals surface area contributed by atoms with Crippen LogP contribution in [0.5, 0.6) is 0 Å². The van der Waals surface area contributed by atoms with Gasteiger partial charge in [-0.15, -0.1) is 5.10 Å². The molecule has 1 atom stereocenters. The molecule has 19 heavy (non-hydrogen) atoms. The van der Waals surface area contributed by atoms with Gasteiger partial charge in [-0.3, -0.25) is 0 Å². The second kappa shape index (κ2) is 6.30. The van der Waals surface area contributed by atoms with Crippen molar-refractivity contribution in [2.75, 3.05) is 24.6 Å². The van der Waals surface area contributed by atoms with Gasteiger partial charge in [-0.2, -0.15) is 5.10 Å². The second-order valence-electron chi connectivity index (χ2n) is 5.12. The van der Waals surface area contributed by atoms with Gasteiger partial charge in [0.1, 0.15) is 0 Å². The first-order chi connectivity index (χ1) is 9.24. The maximum atomic E-state index is 9.25. The van der Waals surface area contributed by atoms with E-state index in [0.717, 1.165) is 49.4 Å². The fourth-order valence-electron chi connectivity index (χ4n) is 2.88. The average Bonchev–Trinajstić information content (AvgIpc) is 2.94. The molecule has 106 valence electrons.